The summed E-state index contributed by atoms with van der Waals surface area (Å²) in [6.07, 6.45) is 1.01. The number of carbonyl (C=O) groups is 2. The zero-order valence-electron chi connectivity index (χ0n) is 15.4. The van der Waals surface area contributed by atoms with Crippen LogP contribution in [0.2, 0.25) is 0 Å². The van der Waals surface area contributed by atoms with Crippen molar-refractivity contribution in [1.82, 2.24) is 10.6 Å². The van der Waals surface area contributed by atoms with Crippen molar-refractivity contribution in [2.45, 2.75) is 33.2 Å². The maximum Gasteiger partial charge on any atom is 0.313 e. The van der Waals surface area contributed by atoms with Crippen molar-refractivity contribution in [2.24, 2.45) is 5.92 Å². The first kappa shape index (κ1) is 18.2. The summed E-state index contributed by atoms with van der Waals surface area (Å²) in [6.45, 7) is 7.53. The van der Waals surface area contributed by atoms with Crippen LogP contribution in [0.3, 0.4) is 0 Å². The third-order valence-corrected chi connectivity index (χ3v) is 4.88. The Labute approximate surface area is 153 Å². The molecule has 1 aromatic heterocycles. The molecular formula is C20H25N3O3. The van der Waals surface area contributed by atoms with Gasteiger partial charge >= 0.3 is 11.8 Å². The molecule has 1 fully saturated rings. The number of aryl methyl sites for hydroxylation is 2. The zero-order chi connectivity index (χ0) is 18.7. The van der Waals surface area contributed by atoms with Crippen molar-refractivity contribution in [2.75, 3.05) is 18.4 Å². The van der Waals surface area contributed by atoms with E-state index in [-0.39, 0.29) is 6.04 Å². The first-order valence-electron chi connectivity index (χ1n) is 8.94. The van der Waals surface area contributed by atoms with Crippen molar-refractivity contribution >= 4 is 17.5 Å². The third kappa shape index (κ3) is 4.14. The largest absolute Gasteiger partial charge is 0.461 e. The molecule has 3 rings (SSSR count). The molecule has 3 N–H and O–H groups in total. The highest BCUT2D eigenvalue weighted by Gasteiger charge is 2.25. The van der Waals surface area contributed by atoms with Crippen molar-refractivity contribution in [3.05, 3.63) is 41.7 Å². The van der Waals surface area contributed by atoms with Gasteiger partial charge in [0.1, 0.15) is 11.5 Å². The molecule has 2 unspecified atom stereocenters. The highest BCUT2D eigenvalue weighted by atomic mass is 16.3. The summed E-state index contributed by atoms with van der Waals surface area (Å²) in [5, 5.41) is 8.78. The molecule has 0 spiro atoms. The molecule has 138 valence electrons. The van der Waals surface area contributed by atoms with Gasteiger partial charge in [-0.1, -0.05) is 12.1 Å². The van der Waals surface area contributed by atoms with Gasteiger partial charge in [0.2, 0.25) is 0 Å². The molecule has 0 aliphatic carbocycles. The van der Waals surface area contributed by atoms with Crippen LogP contribution in [-0.4, -0.2) is 30.9 Å². The lowest BCUT2D eigenvalue weighted by Crippen LogP contribution is -2.44. The van der Waals surface area contributed by atoms with Gasteiger partial charge < -0.3 is 20.4 Å². The second kappa shape index (κ2) is 7.74. The van der Waals surface area contributed by atoms with Gasteiger partial charge in [0.05, 0.1) is 0 Å². The molecule has 6 nitrogen and oxygen atoms in total. The summed E-state index contributed by atoms with van der Waals surface area (Å²) in [6, 6.07) is 9.38. The molecule has 2 amide bonds. The van der Waals surface area contributed by atoms with Gasteiger partial charge in [0, 0.05) is 17.3 Å². The normalized spacial score (nSPS) is 17.7. The monoisotopic (exact) mass is 355 g/mol. The molecule has 26 heavy (non-hydrogen) atoms. The number of nitrogens with one attached hydrogen (secondary N) is 3. The van der Waals surface area contributed by atoms with Gasteiger partial charge in [0.15, 0.2) is 0 Å². The molecule has 2 aromatic rings. The molecule has 6 heteroatoms. The van der Waals surface area contributed by atoms with Crippen LogP contribution in [0.15, 0.2) is 34.7 Å². The molecule has 1 aromatic carbocycles. The van der Waals surface area contributed by atoms with Crippen molar-refractivity contribution in [1.29, 1.82) is 0 Å². The summed E-state index contributed by atoms with van der Waals surface area (Å²) >= 11 is 0. The molecular weight excluding hydrogens is 330 g/mol. The van der Waals surface area contributed by atoms with E-state index >= 15 is 0 Å². The van der Waals surface area contributed by atoms with E-state index in [9.17, 15) is 9.59 Å². The maximum absolute atomic E-state index is 12.3. The number of furan rings is 1. The average Bonchev–Trinajstić information content (AvgIpc) is 3.28. The quantitative estimate of drug-likeness (QED) is 0.736. The third-order valence-electron chi connectivity index (χ3n) is 4.88. The summed E-state index contributed by atoms with van der Waals surface area (Å²) in [7, 11) is 0. The minimum atomic E-state index is -0.654. The Hall–Kier alpha value is -2.60. The minimum absolute atomic E-state index is 0.0400. The predicted molar refractivity (Wildman–Crippen MR) is 101 cm³/mol. The number of amides is 2. The van der Waals surface area contributed by atoms with Crippen LogP contribution in [0.1, 0.15) is 24.7 Å². The van der Waals surface area contributed by atoms with Gasteiger partial charge in [-0.15, -0.1) is 0 Å². The van der Waals surface area contributed by atoms with Gasteiger partial charge in [0.25, 0.3) is 0 Å². The SMILES string of the molecule is Cc1ccc(-c2ccc(C)c(NC(=O)C(=O)NC(C)C3CCNC3)c2)o1. The van der Waals surface area contributed by atoms with Crippen LogP contribution in [0.5, 0.6) is 0 Å². The topological polar surface area (TPSA) is 83.4 Å². The fourth-order valence-corrected chi connectivity index (χ4v) is 3.17. The van der Waals surface area contributed by atoms with E-state index in [0.29, 0.717) is 11.6 Å². The second-order valence-corrected chi connectivity index (χ2v) is 6.91. The Kier molecular flexibility index (Phi) is 5.42. The molecule has 0 radical (unpaired) electrons. The first-order valence-corrected chi connectivity index (χ1v) is 8.94. The Balaban J connectivity index is 1.67. The number of anilines is 1. The second-order valence-electron chi connectivity index (χ2n) is 6.91. The molecule has 2 atom stereocenters. The fraction of sp³-hybridized carbons (Fsp3) is 0.400. The van der Waals surface area contributed by atoms with Crippen molar-refractivity contribution in [3.63, 3.8) is 0 Å². The number of benzene rings is 1. The summed E-state index contributed by atoms with van der Waals surface area (Å²) in [4.78, 5) is 24.5. The van der Waals surface area contributed by atoms with E-state index in [1.165, 1.54) is 0 Å². The molecule has 2 heterocycles. The van der Waals surface area contributed by atoms with Crippen molar-refractivity contribution in [3.8, 4) is 11.3 Å². The zero-order valence-corrected chi connectivity index (χ0v) is 15.4. The summed E-state index contributed by atoms with van der Waals surface area (Å²) in [5.74, 6) is 0.645. The van der Waals surface area contributed by atoms with E-state index in [1.54, 1.807) is 0 Å². The maximum atomic E-state index is 12.3. The number of hydrogen-bond donors (Lipinski definition) is 3. The molecule has 0 saturated carbocycles. The highest BCUT2D eigenvalue weighted by molar-refractivity contribution is 6.39. The lowest BCUT2D eigenvalue weighted by Gasteiger charge is -2.19. The minimum Gasteiger partial charge on any atom is -0.461 e. The van der Waals surface area contributed by atoms with Crippen LogP contribution in [-0.2, 0) is 9.59 Å². The first-order chi connectivity index (χ1) is 12.4. The number of carbonyl (C=O) groups excluding carboxylic acids is 2. The van der Waals surface area contributed by atoms with Crippen LogP contribution >= 0.6 is 0 Å². The smallest absolute Gasteiger partial charge is 0.313 e. The van der Waals surface area contributed by atoms with Crippen LogP contribution in [0, 0.1) is 19.8 Å². The molecule has 1 aliphatic heterocycles. The number of hydrogen-bond acceptors (Lipinski definition) is 4. The Morgan fingerprint density at radius 3 is 2.65 bits per heavy atom. The van der Waals surface area contributed by atoms with Crippen LogP contribution in [0.4, 0.5) is 5.69 Å². The lowest BCUT2D eigenvalue weighted by atomic mass is 10.0. The van der Waals surface area contributed by atoms with E-state index < -0.39 is 11.8 Å². The standard InChI is InChI=1S/C20H25N3O3/c1-12-4-6-15(18-7-5-13(2)26-18)10-17(12)23-20(25)19(24)22-14(3)16-8-9-21-11-16/h4-7,10,14,16,21H,8-9,11H2,1-3H3,(H,22,24)(H,23,25). The molecule has 1 saturated heterocycles. The van der Waals surface area contributed by atoms with E-state index in [1.807, 2.05) is 51.1 Å². The van der Waals surface area contributed by atoms with E-state index in [4.69, 9.17) is 4.42 Å². The van der Waals surface area contributed by atoms with E-state index in [2.05, 4.69) is 16.0 Å². The van der Waals surface area contributed by atoms with Gasteiger partial charge in [-0.2, -0.15) is 0 Å². The fourth-order valence-electron chi connectivity index (χ4n) is 3.17. The van der Waals surface area contributed by atoms with E-state index in [0.717, 1.165) is 42.2 Å². The van der Waals surface area contributed by atoms with Gasteiger partial charge in [-0.25, -0.2) is 0 Å². The van der Waals surface area contributed by atoms with Crippen molar-refractivity contribution < 1.29 is 14.0 Å². The Morgan fingerprint density at radius 2 is 2.00 bits per heavy atom. The Morgan fingerprint density at radius 1 is 1.19 bits per heavy atom. The van der Waals surface area contributed by atoms with Crippen LogP contribution in [0.25, 0.3) is 11.3 Å². The predicted octanol–water partition coefficient (Wildman–Crippen LogP) is 2.62. The average molecular weight is 355 g/mol. The summed E-state index contributed by atoms with van der Waals surface area (Å²) in [5.41, 5.74) is 2.34. The van der Waals surface area contributed by atoms with Crippen LogP contribution < -0.4 is 16.0 Å². The lowest BCUT2D eigenvalue weighted by molar-refractivity contribution is -0.136. The Bertz CT molecular complexity index is 806. The molecule has 0 bridgehead atoms. The summed E-state index contributed by atoms with van der Waals surface area (Å²) < 4.78 is 5.63. The van der Waals surface area contributed by atoms with Gasteiger partial charge in [-0.3, -0.25) is 9.59 Å². The highest BCUT2D eigenvalue weighted by Crippen LogP contribution is 2.27. The number of rotatable bonds is 4. The van der Waals surface area contributed by atoms with Gasteiger partial charge in [-0.05, 0) is 70.0 Å². The molecule has 1 aliphatic rings.